The molecule has 168 valence electrons. The van der Waals surface area contributed by atoms with Gasteiger partial charge >= 0.3 is 0 Å². The quantitative estimate of drug-likeness (QED) is 0.537. The highest BCUT2D eigenvalue weighted by molar-refractivity contribution is 5.75. The second kappa shape index (κ2) is 9.93. The fraction of sp³-hybridized carbons (Fsp3) is 0.333. The Morgan fingerprint density at radius 2 is 2.06 bits per heavy atom. The van der Waals surface area contributed by atoms with E-state index in [4.69, 9.17) is 14.9 Å². The molecule has 1 amide bonds. The first-order chi connectivity index (χ1) is 15.5. The first-order valence-corrected chi connectivity index (χ1v) is 10.7. The van der Waals surface area contributed by atoms with E-state index in [0.29, 0.717) is 17.9 Å². The third kappa shape index (κ3) is 4.98. The minimum atomic E-state index is -0.262. The fourth-order valence-electron chi connectivity index (χ4n) is 3.94. The van der Waals surface area contributed by atoms with Crippen molar-refractivity contribution in [3.05, 3.63) is 71.2 Å². The van der Waals surface area contributed by atoms with Crippen molar-refractivity contribution in [1.82, 2.24) is 20.0 Å². The number of carbonyl (C=O) groups is 1. The van der Waals surface area contributed by atoms with Gasteiger partial charge in [-0.05, 0) is 36.9 Å². The zero-order valence-electron chi connectivity index (χ0n) is 18.1. The smallest absolute Gasteiger partial charge is 0.223 e. The lowest BCUT2D eigenvalue weighted by atomic mass is 10.1. The van der Waals surface area contributed by atoms with Crippen LogP contribution in [0.4, 0.5) is 4.39 Å². The van der Waals surface area contributed by atoms with Gasteiger partial charge in [-0.2, -0.15) is 5.10 Å². The zero-order chi connectivity index (χ0) is 22.5. The minimum absolute atomic E-state index is 0.0867. The Kier molecular flexibility index (Phi) is 6.82. The van der Waals surface area contributed by atoms with E-state index in [2.05, 4.69) is 10.2 Å². The second-order valence-corrected chi connectivity index (χ2v) is 7.90. The summed E-state index contributed by atoms with van der Waals surface area (Å²) < 4.78 is 22.3. The number of halogens is 1. The lowest BCUT2D eigenvalue weighted by Gasteiger charge is -2.14. The molecular weight excluding hydrogens is 411 g/mol. The maximum absolute atomic E-state index is 14.7. The number of hydrogen-bond donors (Lipinski definition) is 2. The highest BCUT2D eigenvalue weighted by atomic mass is 19.1. The summed E-state index contributed by atoms with van der Waals surface area (Å²) in [6.07, 6.45) is 0.209. The zero-order valence-corrected chi connectivity index (χ0v) is 18.1. The highest BCUT2D eigenvalue weighted by Crippen LogP contribution is 2.34. The number of ether oxygens (including phenoxy) is 1. The molecule has 0 atom stereocenters. The Balaban J connectivity index is 1.52. The molecule has 4 rings (SSSR count). The summed E-state index contributed by atoms with van der Waals surface area (Å²) in [5.41, 5.74) is 4.39. The highest BCUT2D eigenvalue weighted by Gasteiger charge is 2.27. The largest absolute Gasteiger partial charge is 0.493 e. The van der Waals surface area contributed by atoms with Crippen molar-refractivity contribution in [3.8, 4) is 17.0 Å². The SMILES string of the molecule is CN1Cc2nn(Cc3cccc(OCCC(=O)NCCO)c3)c(-c3ccccc3F)c2C1. The summed E-state index contributed by atoms with van der Waals surface area (Å²) in [6, 6.07) is 14.4. The van der Waals surface area contributed by atoms with E-state index in [1.54, 1.807) is 12.1 Å². The number of nitrogens with one attached hydrogen (secondary N) is 1. The number of nitrogens with zero attached hydrogens (tertiary/aromatic N) is 3. The summed E-state index contributed by atoms with van der Waals surface area (Å²) in [4.78, 5) is 13.8. The van der Waals surface area contributed by atoms with E-state index in [1.165, 1.54) is 6.07 Å². The van der Waals surface area contributed by atoms with Crippen molar-refractivity contribution in [3.63, 3.8) is 0 Å². The summed E-state index contributed by atoms with van der Waals surface area (Å²) in [6.45, 7) is 2.35. The van der Waals surface area contributed by atoms with Gasteiger partial charge in [0, 0.05) is 30.8 Å². The molecule has 0 aliphatic carbocycles. The predicted octanol–water partition coefficient (Wildman–Crippen LogP) is 2.56. The van der Waals surface area contributed by atoms with Crippen molar-refractivity contribution < 1.29 is 19.0 Å². The third-order valence-electron chi connectivity index (χ3n) is 5.37. The van der Waals surface area contributed by atoms with E-state index in [1.807, 2.05) is 42.1 Å². The summed E-state index contributed by atoms with van der Waals surface area (Å²) in [7, 11) is 2.03. The topological polar surface area (TPSA) is 79.6 Å². The van der Waals surface area contributed by atoms with Crippen LogP contribution in [0.25, 0.3) is 11.3 Å². The van der Waals surface area contributed by atoms with E-state index in [9.17, 15) is 9.18 Å². The number of rotatable bonds is 9. The average Bonchev–Trinajstić information content (AvgIpc) is 3.28. The number of hydrogen-bond acceptors (Lipinski definition) is 5. The minimum Gasteiger partial charge on any atom is -0.493 e. The summed E-state index contributed by atoms with van der Waals surface area (Å²) in [5.74, 6) is 0.229. The maximum Gasteiger partial charge on any atom is 0.223 e. The Labute approximate surface area is 186 Å². The lowest BCUT2D eigenvalue weighted by molar-refractivity contribution is -0.121. The van der Waals surface area contributed by atoms with Crippen LogP contribution in [-0.2, 0) is 24.4 Å². The van der Waals surface area contributed by atoms with E-state index >= 15 is 0 Å². The van der Waals surface area contributed by atoms with Gasteiger partial charge < -0.3 is 15.2 Å². The number of aliphatic hydroxyl groups excluding tert-OH is 1. The lowest BCUT2D eigenvalue weighted by Crippen LogP contribution is -2.27. The molecule has 2 aromatic carbocycles. The number of fused-ring (bicyclic) bond motifs is 1. The van der Waals surface area contributed by atoms with Crippen LogP contribution in [-0.4, -0.2) is 52.5 Å². The molecule has 0 saturated heterocycles. The van der Waals surface area contributed by atoms with Gasteiger partial charge in [-0.25, -0.2) is 4.39 Å². The average molecular weight is 439 g/mol. The summed E-state index contributed by atoms with van der Waals surface area (Å²) in [5, 5.41) is 16.1. The van der Waals surface area contributed by atoms with Gasteiger partial charge in [-0.3, -0.25) is 14.4 Å². The van der Waals surface area contributed by atoms with Gasteiger partial charge in [0.2, 0.25) is 5.91 Å². The van der Waals surface area contributed by atoms with Crippen LogP contribution in [0.15, 0.2) is 48.5 Å². The molecule has 7 nitrogen and oxygen atoms in total. The van der Waals surface area contributed by atoms with Gasteiger partial charge in [-0.15, -0.1) is 0 Å². The van der Waals surface area contributed by atoms with Gasteiger partial charge in [0.1, 0.15) is 11.6 Å². The molecule has 32 heavy (non-hydrogen) atoms. The van der Waals surface area contributed by atoms with Gasteiger partial charge in [-0.1, -0.05) is 24.3 Å². The van der Waals surface area contributed by atoms with E-state index in [-0.39, 0.29) is 37.9 Å². The Morgan fingerprint density at radius 3 is 2.88 bits per heavy atom. The molecule has 3 aromatic rings. The van der Waals surface area contributed by atoms with Gasteiger partial charge in [0.25, 0.3) is 0 Å². The number of benzene rings is 2. The van der Waals surface area contributed by atoms with Crippen LogP contribution in [0.1, 0.15) is 23.2 Å². The van der Waals surface area contributed by atoms with Crippen LogP contribution in [0, 0.1) is 5.82 Å². The second-order valence-electron chi connectivity index (χ2n) is 7.90. The first kappa shape index (κ1) is 22.0. The Morgan fingerprint density at radius 1 is 1.22 bits per heavy atom. The van der Waals surface area contributed by atoms with Crippen LogP contribution < -0.4 is 10.1 Å². The fourth-order valence-corrected chi connectivity index (χ4v) is 3.94. The number of carbonyl (C=O) groups excluding carboxylic acids is 1. The molecule has 8 heteroatoms. The number of aliphatic hydroxyl groups is 1. The molecule has 0 spiro atoms. The molecule has 1 aliphatic rings. The molecule has 0 fully saturated rings. The van der Waals surface area contributed by atoms with Crippen molar-refractivity contribution in [2.75, 3.05) is 26.8 Å². The molecule has 0 radical (unpaired) electrons. The molecule has 0 unspecified atom stereocenters. The molecule has 2 heterocycles. The van der Waals surface area contributed by atoms with Gasteiger partial charge in [0.15, 0.2) is 0 Å². The van der Waals surface area contributed by atoms with E-state index < -0.39 is 0 Å². The monoisotopic (exact) mass is 438 g/mol. The van der Waals surface area contributed by atoms with Crippen LogP contribution in [0.2, 0.25) is 0 Å². The van der Waals surface area contributed by atoms with Crippen molar-refractivity contribution in [2.45, 2.75) is 26.1 Å². The number of amides is 1. The Bertz CT molecular complexity index is 1100. The Hall–Kier alpha value is -3.23. The molecule has 1 aliphatic heterocycles. The molecule has 0 saturated carbocycles. The molecular formula is C24H27FN4O3. The van der Waals surface area contributed by atoms with Crippen LogP contribution >= 0.6 is 0 Å². The standard InChI is InChI=1S/C24H27FN4O3/c1-28-15-20-22(16-28)27-29(24(20)19-7-2-3-8-21(19)25)14-17-5-4-6-18(13-17)32-12-9-23(31)26-10-11-30/h2-8,13,30H,9-12,14-16H2,1H3,(H,26,31). The third-order valence-corrected chi connectivity index (χ3v) is 5.37. The normalized spacial score (nSPS) is 13.2. The first-order valence-electron chi connectivity index (χ1n) is 10.7. The van der Waals surface area contributed by atoms with Gasteiger partial charge in [0.05, 0.1) is 37.6 Å². The van der Waals surface area contributed by atoms with E-state index in [0.717, 1.165) is 35.6 Å². The summed E-state index contributed by atoms with van der Waals surface area (Å²) >= 11 is 0. The number of aromatic nitrogens is 2. The maximum atomic E-state index is 14.7. The van der Waals surface area contributed by atoms with Crippen LogP contribution in [0.5, 0.6) is 5.75 Å². The predicted molar refractivity (Wildman–Crippen MR) is 119 cm³/mol. The molecule has 1 aromatic heterocycles. The van der Waals surface area contributed by atoms with Crippen LogP contribution in [0.3, 0.4) is 0 Å². The molecule has 2 N–H and O–H groups in total. The van der Waals surface area contributed by atoms with Crippen molar-refractivity contribution in [2.24, 2.45) is 0 Å². The van der Waals surface area contributed by atoms with Crippen molar-refractivity contribution in [1.29, 1.82) is 0 Å². The van der Waals surface area contributed by atoms with Crippen molar-refractivity contribution >= 4 is 5.91 Å². The molecule has 0 bridgehead atoms.